The lowest BCUT2D eigenvalue weighted by atomic mass is 10.2. The molecule has 1 aromatic rings. The topological polar surface area (TPSA) is 27.7 Å². The SMILES string of the molecule is COCCOc1cc(C)ccc1OC. The van der Waals surface area contributed by atoms with Crippen LogP contribution in [0.1, 0.15) is 5.56 Å². The second kappa shape index (κ2) is 5.50. The molecule has 0 heterocycles. The lowest BCUT2D eigenvalue weighted by molar-refractivity contribution is 0.144. The number of rotatable bonds is 5. The van der Waals surface area contributed by atoms with Crippen LogP contribution in [0.25, 0.3) is 0 Å². The summed E-state index contributed by atoms with van der Waals surface area (Å²) in [6.07, 6.45) is 0. The van der Waals surface area contributed by atoms with E-state index in [1.54, 1.807) is 14.2 Å². The minimum atomic E-state index is 0.538. The van der Waals surface area contributed by atoms with Gasteiger partial charge in [0.1, 0.15) is 6.61 Å². The minimum absolute atomic E-state index is 0.538. The third-order valence-corrected chi connectivity index (χ3v) is 1.86. The molecule has 1 aromatic carbocycles. The van der Waals surface area contributed by atoms with E-state index in [4.69, 9.17) is 14.2 Å². The Hall–Kier alpha value is -1.22. The fraction of sp³-hybridized carbons (Fsp3) is 0.455. The molecule has 0 aliphatic carbocycles. The van der Waals surface area contributed by atoms with Crippen molar-refractivity contribution in [3.63, 3.8) is 0 Å². The number of ether oxygens (including phenoxy) is 3. The minimum Gasteiger partial charge on any atom is -0.493 e. The quantitative estimate of drug-likeness (QED) is 0.674. The van der Waals surface area contributed by atoms with Gasteiger partial charge in [-0.2, -0.15) is 0 Å². The van der Waals surface area contributed by atoms with Crippen LogP contribution in [0, 0.1) is 6.92 Å². The van der Waals surface area contributed by atoms with Crippen molar-refractivity contribution in [3.8, 4) is 11.5 Å². The molecule has 0 N–H and O–H groups in total. The number of aryl methyl sites for hydroxylation is 1. The highest BCUT2D eigenvalue weighted by molar-refractivity contribution is 5.42. The maximum absolute atomic E-state index is 5.50. The van der Waals surface area contributed by atoms with Gasteiger partial charge in [-0.05, 0) is 24.6 Å². The summed E-state index contributed by atoms with van der Waals surface area (Å²) in [7, 11) is 3.28. The van der Waals surface area contributed by atoms with Gasteiger partial charge in [-0.3, -0.25) is 0 Å². The largest absolute Gasteiger partial charge is 0.493 e. The lowest BCUT2D eigenvalue weighted by Gasteiger charge is -2.10. The van der Waals surface area contributed by atoms with Crippen LogP contribution in [0.3, 0.4) is 0 Å². The predicted octanol–water partition coefficient (Wildman–Crippen LogP) is 2.03. The first-order chi connectivity index (χ1) is 6.77. The van der Waals surface area contributed by atoms with E-state index >= 15 is 0 Å². The van der Waals surface area contributed by atoms with Crippen LogP contribution in [0.15, 0.2) is 18.2 Å². The molecule has 0 saturated carbocycles. The molecule has 0 atom stereocenters. The molecule has 0 aliphatic rings. The number of methoxy groups -OCH3 is 2. The van der Waals surface area contributed by atoms with Gasteiger partial charge >= 0.3 is 0 Å². The highest BCUT2D eigenvalue weighted by Gasteiger charge is 2.03. The van der Waals surface area contributed by atoms with Crippen molar-refractivity contribution in [3.05, 3.63) is 23.8 Å². The van der Waals surface area contributed by atoms with E-state index in [1.807, 2.05) is 25.1 Å². The molecule has 0 aromatic heterocycles. The van der Waals surface area contributed by atoms with Crippen LogP contribution in [0.4, 0.5) is 0 Å². The Balaban J connectivity index is 2.67. The average Bonchev–Trinajstić information content (AvgIpc) is 2.19. The molecule has 0 bridgehead atoms. The Kier molecular flexibility index (Phi) is 4.26. The predicted molar refractivity (Wildman–Crippen MR) is 55.1 cm³/mol. The Morgan fingerprint density at radius 2 is 1.86 bits per heavy atom. The zero-order valence-corrected chi connectivity index (χ0v) is 8.87. The van der Waals surface area contributed by atoms with Crippen LogP contribution >= 0.6 is 0 Å². The van der Waals surface area contributed by atoms with E-state index in [-0.39, 0.29) is 0 Å². The van der Waals surface area contributed by atoms with Crippen molar-refractivity contribution in [2.45, 2.75) is 6.92 Å². The summed E-state index contributed by atoms with van der Waals surface area (Å²) < 4.78 is 15.6. The van der Waals surface area contributed by atoms with E-state index < -0.39 is 0 Å². The molecule has 1 rings (SSSR count). The third kappa shape index (κ3) is 2.92. The van der Waals surface area contributed by atoms with Gasteiger partial charge in [-0.1, -0.05) is 6.07 Å². The Morgan fingerprint density at radius 1 is 1.07 bits per heavy atom. The van der Waals surface area contributed by atoms with Crippen LogP contribution in [-0.2, 0) is 4.74 Å². The molecule has 0 aliphatic heterocycles. The van der Waals surface area contributed by atoms with Gasteiger partial charge in [0.2, 0.25) is 0 Å². The summed E-state index contributed by atoms with van der Waals surface area (Å²) in [6.45, 7) is 3.13. The summed E-state index contributed by atoms with van der Waals surface area (Å²) in [6, 6.07) is 5.84. The van der Waals surface area contributed by atoms with E-state index in [2.05, 4.69) is 0 Å². The van der Waals surface area contributed by atoms with Gasteiger partial charge in [0.25, 0.3) is 0 Å². The van der Waals surface area contributed by atoms with E-state index in [0.29, 0.717) is 13.2 Å². The molecule has 3 heteroatoms. The number of hydrogen-bond acceptors (Lipinski definition) is 3. The Labute approximate surface area is 84.6 Å². The molecule has 0 radical (unpaired) electrons. The van der Waals surface area contributed by atoms with Crippen LogP contribution < -0.4 is 9.47 Å². The van der Waals surface area contributed by atoms with Gasteiger partial charge < -0.3 is 14.2 Å². The van der Waals surface area contributed by atoms with Gasteiger partial charge in [0, 0.05) is 7.11 Å². The first kappa shape index (κ1) is 10.9. The van der Waals surface area contributed by atoms with E-state index in [0.717, 1.165) is 17.1 Å². The van der Waals surface area contributed by atoms with E-state index in [9.17, 15) is 0 Å². The maximum atomic E-state index is 5.50. The van der Waals surface area contributed by atoms with Crippen LogP contribution in [0.5, 0.6) is 11.5 Å². The summed E-state index contributed by atoms with van der Waals surface area (Å²) in [5, 5.41) is 0. The maximum Gasteiger partial charge on any atom is 0.161 e. The van der Waals surface area contributed by atoms with Crippen LogP contribution in [-0.4, -0.2) is 27.4 Å². The normalized spacial score (nSPS) is 9.93. The summed E-state index contributed by atoms with van der Waals surface area (Å²) >= 11 is 0. The van der Waals surface area contributed by atoms with Gasteiger partial charge in [-0.15, -0.1) is 0 Å². The third-order valence-electron chi connectivity index (χ3n) is 1.86. The molecule has 0 fully saturated rings. The van der Waals surface area contributed by atoms with Crippen molar-refractivity contribution in [2.24, 2.45) is 0 Å². The molecule has 0 saturated heterocycles. The molecular formula is C11H16O3. The highest BCUT2D eigenvalue weighted by atomic mass is 16.5. The Morgan fingerprint density at radius 3 is 2.50 bits per heavy atom. The average molecular weight is 196 g/mol. The molecule has 0 unspecified atom stereocenters. The van der Waals surface area contributed by atoms with Crippen LogP contribution in [0.2, 0.25) is 0 Å². The molecule has 14 heavy (non-hydrogen) atoms. The van der Waals surface area contributed by atoms with Crippen molar-refractivity contribution < 1.29 is 14.2 Å². The number of benzene rings is 1. The fourth-order valence-electron chi connectivity index (χ4n) is 1.13. The molecule has 0 spiro atoms. The first-order valence-electron chi connectivity index (χ1n) is 4.54. The van der Waals surface area contributed by atoms with Gasteiger partial charge in [-0.25, -0.2) is 0 Å². The van der Waals surface area contributed by atoms with Crippen molar-refractivity contribution in [1.82, 2.24) is 0 Å². The van der Waals surface area contributed by atoms with Gasteiger partial charge in [0.05, 0.1) is 13.7 Å². The fourth-order valence-corrected chi connectivity index (χ4v) is 1.13. The first-order valence-corrected chi connectivity index (χ1v) is 4.54. The summed E-state index contributed by atoms with van der Waals surface area (Å²) in [4.78, 5) is 0. The van der Waals surface area contributed by atoms with E-state index in [1.165, 1.54) is 0 Å². The lowest BCUT2D eigenvalue weighted by Crippen LogP contribution is -2.05. The Bertz CT molecular complexity index is 284. The number of hydrogen-bond donors (Lipinski definition) is 0. The van der Waals surface area contributed by atoms with Gasteiger partial charge in [0.15, 0.2) is 11.5 Å². The molecule has 3 nitrogen and oxygen atoms in total. The second-order valence-electron chi connectivity index (χ2n) is 3.00. The molecular weight excluding hydrogens is 180 g/mol. The zero-order chi connectivity index (χ0) is 10.4. The van der Waals surface area contributed by atoms with Crippen molar-refractivity contribution in [1.29, 1.82) is 0 Å². The highest BCUT2D eigenvalue weighted by Crippen LogP contribution is 2.27. The molecule has 0 amide bonds. The molecule has 78 valence electrons. The summed E-state index contributed by atoms with van der Waals surface area (Å²) in [5.74, 6) is 1.52. The zero-order valence-electron chi connectivity index (χ0n) is 8.87. The van der Waals surface area contributed by atoms with Crippen molar-refractivity contribution >= 4 is 0 Å². The monoisotopic (exact) mass is 196 g/mol. The smallest absolute Gasteiger partial charge is 0.161 e. The van der Waals surface area contributed by atoms with Crippen molar-refractivity contribution in [2.75, 3.05) is 27.4 Å². The standard InChI is InChI=1S/C11H16O3/c1-9-4-5-10(13-3)11(8-9)14-7-6-12-2/h4-5,8H,6-7H2,1-3H3. The second-order valence-corrected chi connectivity index (χ2v) is 3.00. The summed E-state index contributed by atoms with van der Waals surface area (Å²) in [5.41, 5.74) is 1.15.